The van der Waals surface area contributed by atoms with Crippen molar-refractivity contribution in [3.05, 3.63) is 0 Å². The first-order valence-corrected chi connectivity index (χ1v) is 6.55. The van der Waals surface area contributed by atoms with Gasteiger partial charge in [-0.15, -0.1) is 0 Å². The number of likely N-dealkylation sites (tertiary alicyclic amines) is 2. The fourth-order valence-electron chi connectivity index (χ4n) is 2.90. The van der Waals surface area contributed by atoms with E-state index >= 15 is 0 Å². The Bertz CT molecular complexity index is 251. The van der Waals surface area contributed by atoms with E-state index in [9.17, 15) is 4.79 Å². The second-order valence-electron chi connectivity index (χ2n) is 5.82. The first kappa shape index (κ1) is 11.9. The molecule has 1 amide bonds. The molecule has 16 heavy (non-hydrogen) atoms. The molecule has 3 heteroatoms. The molecular weight excluding hydrogens is 200 g/mol. The quantitative estimate of drug-likeness (QED) is 0.708. The van der Waals surface area contributed by atoms with Crippen LogP contribution in [0.25, 0.3) is 0 Å². The number of piperidine rings is 1. The number of hydrogen-bond acceptors (Lipinski definition) is 2. The van der Waals surface area contributed by atoms with Crippen molar-refractivity contribution in [1.29, 1.82) is 0 Å². The SMILES string of the molecule is CC(C)C1CCN(C(=O)C2CN(C)C2)CC1. The van der Waals surface area contributed by atoms with Gasteiger partial charge in [0, 0.05) is 26.2 Å². The van der Waals surface area contributed by atoms with Gasteiger partial charge in [-0.3, -0.25) is 4.79 Å². The van der Waals surface area contributed by atoms with Gasteiger partial charge in [0.05, 0.1) is 5.92 Å². The highest BCUT2D eigenvalue weighted by atomic mass is 16.2. The van der Waals surface area contributed by atoms with E-state index in [0.29, 0.717) is 11.8 Å². The van der Waals surface area contributed by atoms with E-state index in [4.69, 9.17) is 0 Å². The van der Waals surface area contributed by atoms with Crippen molar-refractivity contribution in [2.45, 2.75) is 26.7 Å². The van der Waals surface area contributed by atoms with E-state index in [2.05, 4.69) is 30.7 Å². The van der Waals surface area contributed by atoms with Gasteiger partial charge in [0.25, 0.3) is 0 Å². The zero-order valence-corrected chi connectivity index (χ0v) is 10.8. The number of rotatable bonds is 2. The Balaban J connectivity index is 1.78. The van der Waals surface area contributed by atoms with Crippen molar-refractivity contribution in [1.82, 2.24) is 9.80 Å². The van der Waals surface area contributed by atoms with Crippen LogP contribution in [-0.4, -0.2) is 48.9 Å². The molecule has 2 rings (SSSR count). The summed E-state index contributed by atoms with van der Waals surface area (Å²) >= 11 is 0. The highest BCUT2D eigenvalue weighted by Gasteiger charge is 2.34. The van der Waals surface area contributed by atoms with Crippen molar-refractivity contribution in [3.63, 3.8) is 0 Å². The number of amides is 1. The molecule has 0 radical (unpaired) electrons. The van der Waals surface area contributed by atoms with Crippen molar-refractivity contribution in [2.75, 3.05) is 33.2 Å². The Kier molecular flexibility index (Phi) is 3.53. The Morgan fingerprint density at radius 1 is 1.19 bits per heavy atom. The molecule has 0 aromatic heterocycles. The second-order valence-corrected chi connectivity index (χ2v) is 5.82. The van der Waals surface area contributed by atoms with Gasteiger partial charge in [-0.1, -0.05) is 13.8 Å². The number of hydrogen-bond donors (Lipinski definition) is 0. The molecule has 0 spiro atoms. The minimum absolute atomic E-state index is 0.292. The lowest BCUT2D eigenvalue weighted by Crippen LogP contribution is -2.54. The molecule has 0 aliphatic carbocycles. The average Bonchev–Trinajstić information content (AvgIpc) is 2.24. The standard InChI is InChI=1S/C13H24N2O/c1-10(2)11-4-6-15(7-5-11)13(16)12-8-14(3)9-12/h10-12H,4-9H2,1-3H3. The van der Waals surface area contributed by atoms with Gasteiger partial charge in [0.2, 0.25) is 5.91 Å². The fourth-order valence-corrected chi connectivity index (χ4v) is 2.90. The Labute approximate surface area is 98.8 Å². The molecule has 2 aliphatic rings. The van der Waals surface area contributed by atoms with Crippen molar-refractivity contribution < 1.29 is 4.79 Å². The Hall–Kier alpha value is -0.570. The third-order valence-electron chi connectivity index (χ3n) is 4.21. The molecule has 0 unspecified atom stereocenters. The third kappa shape index (κ3) is 2.40. The molecule has 0 N–H and O–H groups in total. The molecule has 2 aliphatic heterocycles. The van der Waals surface area contributed by atoms with Crippen LogP contribution in [0.2, 0.25) is 0 Å². The summed E-state index contributed by atoms with van der Waals surface area (Å²) < 4.78 is 0. The summed E-state index contributed by atoms with van der Waals surface area (Å²) in [5, 5.41) is 0. The van der Waals surface area contributed by atoms with Crippen LogP contribution in [0.1, 0.15) is 26.7 Å². The predicted molar refractivity (Wildman–Crippen MR) is 65.1 cm³/mol. The lowest BCUT2D eigenvalue weighted by Gasteiger charge is -2.41. The summed E-state index contributed by atoms with van der Waals surface area (Å²) in [6.45, 7) is 8.49. The third-order valence-corrected chi connectivity index (χ3v) is 4.21. The second kappa shape index (κ2) is 4.74. The molecule has 3 nitrogen and oxygen atoms in total. The van der Waals surface area contributed by atoms with Gasteiger partial charge in [-0.05, 0) is 31.7 Å². The average molecular weight is 224 g/mol. The van der Waals surface area contributed by atoms with E-state index in [1.807, 2.05) is 0 Å². The molecule has 2 heterocycles. The fraction of sp³-hybridized carbons (Fsp3) is 0.923. The van der Waals surface area contributed by atoms with Crippen LogP contribution in [0.4, 0.5) is 0 Å². The monoisotopic (exact) mass is 224 g/mol. The summed E-state index contributed by atoms with van der Waals surface area (Å²) in [7, 11) is 2.08. The minimum Gasteiger partial charge on any atom is -0.342 e. The molecule has 0 atom stereocenters. The van der Waals surface area contributed by atoms with Gasteiger partial charge < -0.3 is 9.80 Å². The maximum atomic E-state index is 12.1. The molecule has 0 aromatic rings. The lowest BCUT2D eigenvalue weighted by atomic mass is 9.86. The summed E-state index contributed by atoms with van der Waals surface area (Å²) in [5.74, 6) is 2.29. The highest BCUT2D eigenvalue weighted by molar-refractivity contribution is 5.80. The van der Waals surface area contributed by atoms with E-state index in [0.717, 1.165) is 38.0 Å². The van der Waals surface area contributed by atoms with Gasteiger partial charge >= 0.3 is 0 Å². The molecule has 0 aromatic carbocycles. The smallest absolute Gasteiger partial charge is 0.228 e. The first-order valence-electron chi connectivity index (χ1n) is 6.55. The molecule has 2 fully saturated rings. The molecule has 0 saturated carbocycles. The Morgan fingerprint density at radius 3 is 2.19 bits per heavy atom. The first-order chi connectivity index (χ1) is 7.58. The van der Waals surface area contributed by atoms with Crippen molar-refractivity contribution in [3.8, 4) is 0 Å². The summed E-state index contributed by atoms with van der Waals surface area (Å²) in [6.07, 6.45) is 2.40. The van der Waals surface area contributed by atoms with Crippen LogP contribution in [-0.2, 0) is 4.79 Å². The maximum Gasteiger partial charge on any atom is 0.228 e. The highest BCUT2D eigenvalue weighted by Crippen LogP contribution is 2.26. The van der Waals surface area contributed by atoms with Crippen LogP contribution >= 0.6 is 0 Å². The zero-order chi connectivity index (χ0) is 11.7. The predicted octanol–water partition coefficient (Wildman–Crippen LogP) is 1.44. The van der Waals surface area contributed by atoms with Gasteiger partial charge in [0.1, 0.15) is 0 Å². The lowest BCUT2D eigenvalue weighted by molar-refractivity contribution is -0.142. The van der Waals surface area contributed by atoms with E-state index in [1.165, 1.54) is 12.8 Å². The van der Waals surface area contributed by atoms with Crippen LogP contribution < -0.4 is 0 Å². The van der Waals surface area contributed by atoms with Crippen molar-refractivity contribution >= 4 is 5.91 Å². The van der Waals surface area contributed by atoms with Crippen molar-refractivity contribution in [2.24, 2.45) is 17.8 Å². The normalized spacial score (nSPS) is 24.9. The Morgan fingerprint density at radius 2 is 1.75 bits per heavy atom. The molecular formula is C13H24N2O. The maximum absolute atomic E-state index is 12.1. The van der Waals surface area contributed by atoms with Crippen LogP contribution in [0.15, 0.2) is 0 Å². The topological polar surface area (TPSA) is 23.6 Å². The zero-order valence-electron chi connectivity index (χ0n) is 10.8. The van der Waals surface area contributed by atoms with Crippen LogP contribution in [0.3, 0.4) is 0 Å². The van der Waals surface area contributed by atoms with Gasteiger partial charge in [-0.2, -0.15) is 0 Å². The largest absolute Gasteiger partial charge is 0.342 e. The summed E-state index contributed by atoms with van der Waals surface area (Å²) in [5.41, 5.74) is 0. The van der Waals surface area contributed by atoms with E-state index in [-0.39, 0.29) is 0 Å². The molecule has 2 saturated heterocycles. The minimum atomic E-state index is 0.292. The number of nitrogens with zero attached hydrogens (tertiary/aromatic N) is 2. The number of carbonyl (C=O) groups excluding carboxylic acids is 1. The van der Waals surface area contributed by atoms with E-state index < -0.39 is 0 Å². The number of carbonyl (C=O) groups is 1. The van der Waals surface area contributed by atoms with Gasteiger partial charge in [0.15, 0.2) is 0 Å². The van der Waals surface area contributed by atoms with Crippen LogP contribution in [0, 0.1) is 17.8 Å². The molecule has 0 bridgehead atoms. The van der Waals surface area contributed by atoms with E-state index in [1.54, 1.807) is 0 Å². The summed E-state index contributed by atoms with van der Waals surface area (Å²) in [6, 6.07) is 0. The van der Waals surface area contributed by atoms with Gasteiger partial charge in [-0.25, -0.2) is 0 Å². The molecule has 92 valence electrons. The summed E-state index contributed by atoms with van der Waals surface area (Å²) in [4.78, 5) is 16.4. The van der Waals surface area contributed by atoms with Crippen LogP contribution in [0.5, 0.6) is 0 Å².